The molecule has 0 spiro atoms. The van der Waals surface area contributed by atoms with Crippen LogP contribution in [0.1, 0.15) is 116 Å². The van der Waals surface area contributed by atoms with Gasteiger partial charge < -0.3 is 29.8 Å². The second-order valence-corrected chi connectivity index (χ2v) is 18.6. The summed E-state index contributed by atoms with van der Waals surface area (Å²) in [6, 6.07) is 12.6. The van der Waals surface area contributed by atoms with E-state index in [9.17, 15) is 19.5 Å². The molecule has 338 valence electrons. The average molecular weight is 909 g/mol. The number of piperazine rings is 1. The van der Waals surface area contributed by atoms with E-state index >= 15 is 4.39 Å². The number of rotatable bonds is 21. The van der Waals surface area contributed by atoms with Crippen LogP contribution in [0.5, 0.6) is 5.75 Å². The molecular formula is C48H57FN8O5S2. The van der Waals surface area contributed by atoms with E-state index < -0.39 is 11.8 Å². The highest BCUT2D eigenvalue weighted by molar-refractivity contribution is 7.22. The number of Topliss-reactive ketones (excluding diaryl/α,β-unsaturated/α-hetero) is 1. The number of nitrogens with zero attached hydrogens (tertiary/aromatic N) is 7. The van der Waals surface area contributed by atoms with Crippen LogP contribution in [0.3, 0.4) is 0 Å². The number of anilines is 4. The third-order valence-corrected chi connectivity index (χ3v) is 13.8. The molecule has 0 aliphatic carbocycles. The van der Waals surface area contributed by atoms with Crippen LogP contribution < -0.4 is 15.0 Å². The van der Waals surface area contributed by atoms with Crippen molar-refractivity contribution in [3.8, 4) is 17.6 Å². The van der Waals surface area contributed by atoms with Gasteiger partial charge in [-0.1, -0.05) is 73.8 Å². The minimum atomic E-state index is -1.10. The average Bonchev–Trinajstić information content (AvgIpc) is 3.91. The van der Waals surface area contributed by atoms with Crippen molar-refractivity contribution < 1.29 is 28.6 Å². The van der Waals surface area contributed by atoms with Gasteiger partial charge in [-0.2, -0.15) is 0 Å². The van der Waals surface area contributed by atoms with Gasteiger partial charge in [0.1, 0.15) is 5.78 Å². The highest BCUT2D eigenvalue weighted by Crippen LogP contribution is 2.39. The van der Waals surface area contributed by atoms with Gasteiger partial charge in [-0.3, -0.25) is 9.69 Å². The first-order valence-corrected chi connectivity index (χ1v) is 24.2. The topological polar surface area (TPSA) is 154 Å². The smallest absolute Gasteiger partial charge is 0.355 e. The van der Waals surface area contributed by atoms with Crippen LogP contribution in [0.25, 0.3) is 10.2 Å². The summed E-state index contributed by atoms with van der Waals surface area (Å²) in [6.07, 6.45) is 12.6. The van der Waals surface area contributed by atoms with Crippen molar-refractivity contribution in [1.29, 1.82) is 0 Å². The predicted octanol–water partition coefficient (Wildman–Crippen LogP) is 9.51. The number of benzene rings is 2. The van der Waals surface area contributed by atoms with Gasteiger partial charge >= 0.3 is 5.97 Å². The third-order valence-electron chi connectivity index (χ3n) is 11.7. The maximum atomic E-state index is 15.1. The summed E-state index contributed by atoms with van der Waals surface area (Å²) in [5.41, 5.74) is 3.47. The summed E-state index contributed by atoms with van der Waals surface area (Å²) < 4.78 is 21.9. The monoisotopic (exact) mass is 908 g/mol. The minimum absolute atomic E-state index is 0.00150. The molecule has 1 saturated heterocycles. The Morgan fingerprint density at radius 3 is 2.38 bits per heavy atom. The quantitative estimate of drug-likeness (QED) is 0.0533. The number of ether oxygens (including phenoxy) is 1. The van der Waals surface area contributed by atoms with Crippen molar-refractivity contribution >= 4 is 72.4 Å². The number of aromatic carboxylic acids is 1. The van der Waals surface area contributed by atoms with Crippen LogP contribution in [0.2, 0.25) is 0 Å². The van der Waals surface area contributed by atoms with E-state index in [0.717, 1.165) is 84.5 Å². The molecule has 0 radical (unpaired) electrons. The number of unbranched alkanes of at least 4 members (excludes halogenated alkanes) is 7. The number of hydrogen-bond acceptors (Lipinski definition) is 13. The number of carboxylic acid groups (broad SMARTS) is 1. The summed E-state index contributed by atoms with van der Waals surface area (Å²) in [6.45, 7) is 7.92. The lowest BCUT2D eigenvalue weighted by molar-refractivity contribution is -0.133. The second kappa shape index (κ2) is 22.9. The van der Waals surface area contributed by atoms with Gasteiger partial charge in [-0.05, 0) is 82.7 Å². The number of carbonyl (C=O) groups excluding carboxylic acids is 2. The molecule has 7 rings (SSSR count). The molecule has 0 saturated carbocycles. The van der Waals surface area contributed by atoms with Gasteiger partial charge in [-0.15, -0.1) is 21.5 Å². The molecule has 5 aromatic rings. The molecule has 64 heavy (non-hydrogen) atoms. The highest BCUT2D eigenvalue weighted by atomic mass is 32.1. The number of nitrogens with one attached hydrogen (secondary N) is 1. The van der Waals surface area contributed by atoms with Gasteiger partial charge in [0.05, 0.1) is 23.4 Å². The fraction of sp³-hybridized carbons (Fsp3) is 0.479. The largest absolute Gasteiger partial charge is 0.491 e. The Labute approximate surface area is 382 Å². The van der Waals surface area contributed by atoms with Crippen LogP contribution in [0, 0.1) is 24.6 Å². The Morgan fingerprint density at radius 1 is 0.891 bits per heavy atom. The zero-order valence-corrected chi connectivity index (χ0v) is 38.4. The standard InChI is InChI=1S/C48H57FN8O5S2/c1-33(58)16-9-7-5-3-4-6-8-10-22-42(59)56-29-27-55(28-30-56)25-13-17-35-23-24-39(37(49)32-35)62-31-15-21-41-43(46(60)61)51-48(64-41)57-26-14-18-36-34(2)44(53-54-45(36)57)52-47-50-38-19-11-12-20-40(38)63-47/h11-12,19-20,23-24,32H,3-10,14-16,18,21-22,25-31H2,1-2H3,(H,60,61)(H,50,52,53). The molecule has 0 unspecified atom stereocenters. The van der Waals surface area contributed by atoms with Crippen LogP contribution >= 0.6 is 22.7 Å². The lowest BCUT2D eigenvalue weighted by Gasteiger charge is -2.33. The summed E-state index contributed by atoms with van der Waals surface area (Å²) in [7, 11) is 0. The number of thiazole rings is 2. The van der Waals surface area contributed by atoms with Crippen LogP contribution in [-0.4, -0.2) is 98.6 Å². The van der Waals surface area contributed by atoms with E-state index in [2.05, 4.69) is 42.2 Å². The molecule has 1 fully saturated rings. The Morgan fingerprint density at radius 2 is 1.64 bits per heavy atom. The summed E-state index contributed by atoms with van der Waals surface area (Å²) >= 11 is 2.87. The van der Waals surface area contributed by atoms with Gasteiger partial charge in [0, 0.05) is 67.1 Å². The number of fused-ring (bicyclic) bond motifs is 2. The van der Waals surface area contributed by atoms with Crippen molar-refractivity contribution in [2.24, 2.45) is 0 Å². The molecule has 1 amide bonds. The molecule has 5 heterocycles. The molecule has 2 aliphatic heterocycles. The number of para-hydroxylation sites is 1. The van der Waals surface area contributed by atoms with Gasteiger partial charge in [-0.25, -0.2) is 19.2 Å². The van der Waals surface area contributed by atoms with Crippen molar-refractivity contribution in [3.63, 3.8) is 0 Å². The number of halogens is 1. The fourth-order valence-corrected chi connectivity index (χ4v) is 10.1. The van der Waals surface area contributed by atoms with Crippen LogP contribution in [0.4, 0.5) is 26.3 Å². The summed E-state index contributed by atoms with van der Waals surface area (Å²) in [5.74, 6) is 6.52. The fourth-order valence-electron chi connectivity index (χ4n) is 8.09. The zero-order valence-electron chi connectivity index (χ0n) is 36.8. The Hall–Kier alpha value is -5.50. The van der Waals surface area contributed by atoms with Crippen molar-refractivity contribution in [2.45, 2.75) is 104 Å². The van der Waals surface area contributed by atoms with Crippen molar-refractivity contribution in [1.82, 2.24) is 30.0 Å². The molecule has 0 bridgehead atoms. The summed E-state index contributed by atoms with van der Waals surface area (Å²) in [5, 5.41) is 23.8. The minimum Gasteiger partial charge on any atom is -0.491 e. The first-order chi connectivity index (χ1) is 31.1. The normalized spacial score (nSPS) is 14.0. The van der Waals surface area contributed by atoms with E-state index in [1.54, 1.807) is 30.4 Å². The molecule has 2 N–H and O–H groups in total. The van der Waals surface area contributed by atoms with Gasteiger partial charge in [0.2, 0.25) is 5.91 Å². The molecule has 2 aromatic carbocycles. The number of carbonyl (C=O) groups is 3. The Balaban J connectivity index is 0.828. The molecular weight excluding hydrogens is 852 g/mol. The number of carboxylic acids is 1. The van der Waals surface area contributed by atoms with Crippen LogP contribution in [-0.2, 0) is 22.4 Å². The third kappa shape index (κ3) is 12.6. The maximum Gasteiger partial charge on any atom is 0.355 e. The molecule has 2 aliphatic rings. The van der Waals surface area contributed by atoms with Crippen LogP contribution in [0.15, 0.2) is 42.5 Å². The van der Waals surface area contributed by atoms with E-state index in [1.165, 1.54) is 36.7 Å². The number of hydrogen-bond donors (Lipinski definition) is 2. The molecule has 13 nitrogen and oxygen atoms in total. The Bertz CT molecular complexity index is 2440. The molecule has 0 atom stereocenters. The van der Waals surface area contributed by atoms with Gasteiger partial charge in [0.15, 0.2) is 39.2 Å². The lowest BCUT2D eigenvalue weighted by Crippen LogP contribution is -2.48. The Kier molecular flexibility index (Phi) is 16.6. The molecule has 3 aromatic heterocycles. The second-order valence-electron chi connectivity index (χ2n) is 16.5. The van der Waals surface area contributed by atoms with E-state index in [1.807, 2.05) is 41.0 Å². The predicted molar refractivity (Wildman–Crippen MR) is 251 cm³/mol. The van der Waals surface area contributed by atoms with E-state index in [0.29, 0.717) is 79.1 Å². The zero-order chi connectivity index (χ0) is 44.8. The van der Waals surface area contributed by atoms with Crippen molar-refractivity contribution in [2.75, 3.05) is 56.1 Å². The summed E-state index contributed by atoms with van der Waals surface area (Å²) in [4.78, 5) is 52.0. The van der Waals surface area contributed by atoms with E-state index in [4.69, 9.17) is 4.74 Å². The highest BCUT2D eigenvalue weighted by Gasteiger charge is 2.29. The maximum absolute atomic E-state index is 15.1. The lowest BCUT2D eigenvalue weighted by atomic mass is 10.0. The number of aromatic nitrogens is 4. The number of amides is 1. The number of ketones is 1. The first kappa shape index (κ1) is 46.5. The molecule has 16 heteroatoms. The van der Waals surface area contributed by atoms with E-state index in [-0.39, 0.29) is 29.7 Å². The number of aryl methyl sites for hydroxylation is 1. The SMILES string of the molecule is CC(=O)CCCCCCCCCCC(=O)N1CCN(CC#Cc2ccc(OCCCc3sc(N4CCCc5c4nnc(Nc4nc6ccccc6s4)c5C)nc3C(=O)O)c(F)c2)CC1. The van der Waals surface area contributed by atoms with Crippen molar-refractivity contribution in [3.05, 3.63) is 75.5 Å². The van der Waals surface area contributed by atoms with Gasteiger partial charge in [0.25, 0.3) is 0 Å². The first-order valence-electron chi connectivity index (χ1n) is 22.5.